The van der Waals surface area contributed by atoms with Crippen LogP contribution in [0.1, 0.15) is 18.5 Å². The number of benzene rings is 1. The number of rotatable bonds is 6. The predicted octanol–water partition coefficient (Wildman–Crippen LogP) is 4.37. The van der Waals surface area contributed by atoms with Crippen LogP contribution in [0, 0.1) is 6.92 Å². The van der Waals surface area contributed by atoms with Gasteiger partial charge in [-0.05, 0) is 49.6 Å². The highest BCUT2D eigenvalue weighted by Gasteiger charge is 2.36. The second-order valence-electron chi connectivity index (χ2n) is 7.30. The number of nitrogens with one attached hydrogen (secondary N) is 1. The minimum Gasteiger partial charge on any atom is -0.497 e. The standard InChI is InChI=1S/C21H20N4O3S2/c1-13-11-17(24-30(26,27)16-7-8-16)19-18(14-5-3-6-15(12-14)28-2)21(29-20(19)23-13)25-10-4-9-22-25/h3-6,9-12,16H,7-8H2,1-2H3,(H,23,24). The maximum Gasteiger partial charge on any atom is 0.235 e. The van der Waals surface area contributed by atoms with Crippen molar-refractivity contribution in [1.29, 1.82) is 0 Å². The summed E-state index contributed by atoms with van der Waals surface area (Å²) in [5, 5.41) is 5.73. The number of pyridine rings is 1. The fourth-order valence-corrected chi connectivity index (χ4v) is 6.10. The highest BCUT2D eigenvalue weighted by molar-refractivity contribution is 7.93. The highest BCUT2D eigenvalue weighted by atomic mass is 32.2. The SMILES string of the molecule is COc1cccc(-c2c(-n3cccn3)sc3nc(C)cc(NS(=O)(=O)C4CC4)c23)c1. The number of methoxy groups -OCH3 is 1. The summed E-state index contributed by atoms with van der Waals surface area (Å²) < 4.78 is 35.5. The molecule has 0 saturated heterocycles. The van der Waals surface area contributed by atoms with Crippen molar-refractivity contribution >= 4 is 37.3 Å². The third-order valence-corrected chi connectivity index (χ3v) is 7.98. The molecule has 0 aliphatic heterocycles. The molecule has 0 amide bonds. The predicted molar refractivity (Wildman–Crippen MR) is 119 cm³/mol. The molecule has 9 heteroatoms. The van der Waals surface area contributed by atoms with Gasteiger partial charge in [0.15, 0.2) is 0 Å². The van der Waals surface area contributed by atoms with E-state index in [0.717, 1.165) is 37.8 Å². The van der Waals surface area contributed by atoms with E-state index in [1.54, 1.807) is 24.1 Å². The Morgan fingerprint density at radius 3 is 2.77 bits per heavy atom. The Hall–Kier alpha value is -2.91. The van der Waals surface area contributed by atoms with Crippen LogP contribution < -0.4 is 9.46 Å². The molecule has 154 valence electrons. The maximum atomic E-state index is 12.7. The first kappa shape index (κ1) is 19.1. The van der Waals surface area contributed by atoms with Crippen LogP contribution in [0.15, 0.2) is 48.8 Å². The molecule has 1 aromatic carbocycles. The number of aryl methyl sites for hydroxylation is 1. The normalized spacial score (nSPS) is 14.2. The number of ether oxygens (including phenoxy) is 1. The summed E-state index contributed by atoms with van der Waals surface area (Å²) in [4.78, 5) is 5.45. The number of fused-ring (bicyclic) bond motifs is 1. The quantitative estimate of drug-likeness (QED) is 0.481. The molecule has 0 spiro atoms. The Labute approximate surface area is 178 Å². The molecule has 0 atom stereocenters. The Morgan fingerprint density at radius 1 is 1.23 bits per heavy atom. The van der Waals surface area contributed by atoms with Gasteiger partial charge in [0.05, 0.1) is 18.0 Å². The van der Waals surface area contributed by atoms with E-state index in [-0.39, 0.29) is 5.25 Å². The van der Waals surface area contributed by atoms with Crippen LogP contribution in [0.3, 0.4) is 0 Å². The van der Waals surface area contributed by atoms with Gasteiger partial charge in [-0.25, -0.2) is 18.1 Å². The molecule has 1 saturated carbocycles. The van der Waals surface area contributed by atoms with Crippen molar-refractivity contribution in [2.45, 2.75) is 25.0 Å². The van der Waals surface area contributed by atoms with Crippen LogP contribution in [-0.2, 0) is 10.0 Å². The monoisotopic (exact) mass is 440 g/mol. The summed E-state index contributed by atoms with van der Waals surface area (Å²) in [7, 11) is -1.80. The van der Waals surface area contributed by atoms with Gasteiger partial charge >= 0.3 is 0 Å². The average Bonchev–Trinajstić information content (AvgIpc) is 3.32. The Bertz CT molecular complexity index is 1340. The first-order valence-corrected chi connectivity index (χ1v) is 11.9. The van der Waals surface area contributed by atoms with Gasteiger partial charge in [0.25, 0.3) is 0 Å². The molecule has 30 heavy (non-hydrogen) atoms. The van der Waals surface area contributed by atoms with Gasteiger partial charge < -0.3 is 4.74 Å². The van der Waals surface area contributed by atoms with Gasteiger partial charge in [0, 0.05) is 29.0 Å². The van der Waals surface area contributed by atoms with Crippen molar-refractivity contribution in [2.24, 2.45) is 0 Å². The van der Waals surface area contributed by atoms with E-state index in [0.29, 0.717) is 18.5 Å². The zero-order chi connectivity index (χ0) is 20.9. The van der Waals surface area contributed by atoms with Crippen molar-refractivity contribution in [3.8, 4) is 21.9 Å². The number of anilines is 1. The Balaban J connectivity index is 1.81. The van der Waals surface area contributed by atoms with Gasteiger partial charge in [-0.15, -0.1) is 0 Å². The maximum absolute atomic E-state index is 12.7. The Morgan fingerprint density at radius 2 is 2.07 bits per heavy atom. The van der Waals surface area contributed by atoms with Crippen LogP contribution >= 0.6 is 11.3 Å². The van der Waals surface area contributed by atoms with Gasteiger partial charge in [-0.1, -0.05) is 23.5 Å². The van der Waals surface area contributed by atoms with E-state index < -0.39 is 10.0 Å². The second-order valence-corrected chi connectivity index (χ2v) is 10.2. The number of thiophene rings is 1. The lowest BCUT2D eigenvalue weighted by Gasteiger charge is -2.12. The molecular weight excluding hydrogens is 420 g/mol. The summed E-state index contributed by atoms with van der Waals surface area (Å²) >= 11 is 1.48. The Kier molecular flexibility index (Phi) is 4.52. The van der Waals surface area contributed by atoms with Crippen molar-refractivity contribution in [1.82, 2.24) is 14.8 Å². The molecule has 7 nitrogen and oxygen atoms in total. The molecule has 0 bridgehead atoms. The van der Waals surface area contributed by atoms with Crippen LogP contribution in [0.25, 0.3) is 26.3 Å². The summed E-state index contributed by atoms with van der Waals surface area (Å²) in [6.45, 7) is 1.87. The lowest BCUT2D eigenvalue weighted by Crippen LogP contribution is -2.17. The number of sulfonamides is 1. The van der Waals surface area contributed by atoms with E-state index in [9.17, 15) is 8.42 Å². The summed E-state index contributed by atoms with van der Waals surface area (Å²) in [6, 6.07) is 11.4. The van der Waals surface area contributed by atoms with E-state index in [4.69, 9.17) is 9.72 Å². The van der Waals surface area contributed by atoms with E-state index in [1.807, 2.05) is 43.5 Å². The molecule has 0 unspecified atom stereocenters. The summed E-state index contributed by atoms with van der Waals surface area (Å²) in [5.74, 6) is 0.721. The third-order valence-electron chi connectivity index (χ3n) is 5.06. The third kappa shape index (κ3) is 3.33. The molecule has 1 N–H and O–H groups in total. The van der Waals surface area contributed by atoms with Gasteiger partial charge in [0.1, 0.15) is 15.6 Å². The number of hydrogen-bond donors (Lipinski definition) is 1. The minimum absolute atomic E-state index is 0.314. The molecular formula is C21H20N4O3S2. The van der Waals surface area contributed by atoms with Crippen molar-refractivity contribution < 1.29 is 13.2 Å². The smallest absolute Gasteiger partial charge is 0.235 e. The van der Waals surface area contributed by atoms with Crippen molar-refractivity contribution in [3.05, 3.63) is 54.5 Å². The van der Waals surface area contributed by atoms with E-state index in [2.05, 4.69) is 9.82 Å². The van der Waals surface area contributed by atoms with Crippen LogP contribution in [0.4, 0.5) is 5.69 Å². The lowest BCUT2D eigenvalue weighted by molar-refractivity contribution is 0.415. The van der Waals surface area contributed by atoms with E-state index in [1.165, 1.54) is 11.3 Å². The average molecular weight is 441 g/mol. The van der Waals surface area contributed by atoms with Crippen molar-refractivity contribution in [3.63, 3.8) is 0 Å². The van der Waals surface area contributed by atoms with E-state index >= 15 is 0 Å². The minimum atomic E-state index is -3.42. The summed E-state index contributed by atoms with van der Waals surface area (Å²) in [5.41, 5.74) is 3.08. The fourth-order valence-electron chi connectivity index (χ4n) is 3.50. The molecule has 3 heterocycles. The zero-order valence-corrected chi connectivity index (χ0v) is 18.1. The number of aromatic nitrogens is 3. The van der Waals surface area contributed by atoms with Crippen LogP contribution in [-0.4, -0.2) is 35.5 Å². The second kappa shape index (κ2) is 7.10. The summed E-state index contributed by atoms with van der Waals surface area (Å²) in [6.07, 6.45) is 4.99. The molecule has 0 radical (unpaired) electrons. The number of hydrogen-bond acceptors (Lipinski definition) is 6. The van der Waals surface area contributed by atoms with Crippen molar-refractivity contribution in [2.75, 3.05) is 11.8 Å². The fraction of sp³-hybridized carbons (Fsp3) is 0.238. The van der Waals surface area contributed by atoms with Gasteiger partial charge in [-0.3, -0.25) is 4.72 Å². The molecule has 1 aliphatic rings. The first-order valence-electron chi connectivity index (χ1n) is 9.56. The van der Waals surface area contributed by atoms with Crippen LogP contribution in [0.2, 0.25) is 0 Å². The topological polar surface area (TPSA) is 86.1 Å². The zero-order valence-electron chi connectivity index (χ0n) is 16.5. The molecule has 3 aromatic heterocycles. The molecule has 5 rings (SSSR count). The number of nitrogens with zero attached hydrogens (tertiary/aromatic N) is 3. The van der Waals surface area contributed by atoms with Gasteiger partial charge in [0.2, 0.25) is 10.0 Å². The first-order chi connectivity index (χ1) is 14.5. The lowest BCUT2D eigenvalue weighted by atomic mass is 10.0. The molecule has 1 fully saturated rings. The highest BCUT2D eigenvalue weighted by Crippen LogP contribution is 2.45. The van der Waals surface area contributed by atoms with Gasteiger partial charge in [-0.2, -0.15) is 5.10 Å². The largest absolute Gasteiger partial charge is 0.497 e. The van der Waals surface area contributed by atoms with Crippen LogP contribution in [0.5, 0.6) is 5.75 Å². The molecule has 1 aliphatic carbocycles. The molecule has 4 aromatic rings.